The Labute approximate surface area is 171 Å². The van der Waals surface area contributed by atoms with Gasteiger partial charge in [0.2, 0.25) is 5.91 Å². The number of hydrogen-bond donors (Lipinski definition) is 0. The second kappa shape index (κ2) is 8.82. The topological polar surface area (TPSA) is 42.0 Å². The zero-order valence-electron chi connectivity index (χ0n) is 16.8. The van der Waals surface area contributed by atoms with E-state index in [-0.39, 0.29) is 24.3 Å². The molecule has 2 heterocycles. The third kappa shape index (κ3) is 4.53. The molecule has 1 fully saturated rings. The minimum atomic E-state index is -0.279. The molecule has 0 saturated carbocycles. The Morgan fingerprint density at radius 2 is 1.93 bits per heavy atom. The van der Waals surface area contributed by atoms with Gasteiger partial charge in [-0.15, -0.1) is 0 Å². The number of amides is 1. The molecule has 0 spiro atoms. The molecule has 1 saturated heterocycles. The first-order chi connectivity index (χ1) is 14.1. The summed E-state index contributed by atoms with van der Waals surface area (Å²) in [5, 5.41) is 0. The van der Waals surface area contributed by atoms with Crippen molar-refractivity contribution in [2.24, 2.45) is 0 Å². The summed E-state index contributed by atoms with van der Waals surface area (Å²) >= 11 is 0. The van der Waals surface area contributed by atoms with Crippen LogP contribution >= 0.6 is 0 Å². The van der Waals surface area contributed by atoms with Crippen LogP contribution in [0.25, 0.3) is 0 Å². The maximum absolute atomic E-state index is 13.9. The van der Waals surface area contributed by atoms with Crippen molar-refractivity contribution >= 4 is 5.91 Å². The van der Waals surface area contributed by atoms with Gasteiger partial charge < -0.3 is 14.4 Å². The fourth-order valence-corrected chi connectivity index (χ4v) is 4.04. The second-order valence-electron chi connectivity index (χ2n) is 7.73. The van der Waals surface area contributed by atoms with E-state index >= 15 is 0 Å². The van der Waals surface area contributed by atoms with Crippen LogP contribution in [0.2, 0.25) is 0 Å². The molecule has 0 aliphatic carbocycles. The molecule has 5 nitrogen and oxygen atoms in total. The van der Waals surface area contributed by atoms with Gasteiger partial charge >= 0.3 is 0 Å². The zero-order valence-corrected chi connectivity index (χ0v) is 16.8. The van der Waals surface area contributed by atoms with E-state index in [2.05, 4.69) is 17.0 Å². The first-order valence-corrected chi connectivity index (χ1v) is 10.2. The molecule has 0 N–H and O–H groups in total. The predicted octanol–water partition coefficient (Wildman–Crippen LogP) is 3.78. The van der Waals surface area contributed by atoms with Crippen LogP contribution in [-0.2, 0) is 11.3 Å². The normalized spacial score (nSPS) is 19.0. The van der Waals surface area contributed by atoms with Gasteiger partial charge in [0.1, 0.15) is 5.82 Å². The van der Waals surface area contributed by atoms with E-state index in [1.54, 1.807) is 30.1 Å². The van der Waals surface area contributed by atoms with E-state index in [9.17, 15) is 9.18 Å². The van der Waals surface area contributed by atoms with Crippen molar-refractivity contribution in [3.8, 4) is 11.5 Å². The molecule has 2 aromatic rings. The molecule has 0 radical (unpaired) electrons. The lowest BCUT2D eigenvalue weighted by Gasteiger charge is -2.27. The van der Waals surface area contributed by atoms with E-state index in [4.69, 9.17) is 9.47 Å². The van der Waals surface area contributed by atoms with E-state index in [1.807, 2.05) is 6.07 Å². The van der Waals surface area contributed by atoms with Crippen LogP contribution in [0.5, 0.6) is 11.5 Å². The van der Waals surface area contributed by atoms with Crippen LogP contribution in [0.3, 0.4) is 0 Å². The van der Waals surface area contributed by atoms with Gasteiger partial charge in [0.05, 0.1) is 19.8 Å². The van der Waals surface area contributed by atoms with Crippen molar-refractivity contribution in [2.75, 3.05) is 33.4 Å². The summed E-state index contributed by atoms with van der Waals surface area (Å²) in [4.78, 5) is 16.6. The SMILES string of the molecule is CN(Cc1ccccc1F)C(=O)CN1CCCC1c1ccc2c(c1)OCCCO2. The molecule has 1 amide bonds. The van der Waals surface area contributed by atoms with Gasteiger partial charge in [-0.3, -0.25) is 9.69 Å². The van der Waals surface area contributed by atoms with Crippen molar-refractivity contribution in [1.29, 1.82) is 0 Å². The van der Waals surface area contributed by atoms with Gasteiger partial charge in [-0.25, -0.2) is 4.39 Å². The van der Waals surface area contributed by atoms with E-state index < -0.39 is 0 Å². The fourth-order valence-electron chi connectivity index (χ4n) is 4.04. The number of hydrogen-bond acceptors (Lipinski definition) is 4. The van der Waals surface area contributed by atoms with E-state index in [0.717, 1.165) is 42.9 Å². The number of nitrogens with zero attached hydrogens (tertiary/aromatic N) is 2. The van der Waals surface area contributed by atoms with E-state index in [1.165, 1.54) is 6.07 Å². The van der Waals surface area contributed by atoms with Crippen LogP contribution in [-0.4, -0.2) is 49.1 Å². The molecule has 2 aromatic carbocycles. The molecular formula is C23H27FN2O3. The highest BCUT2D eigenvalue weighted by Gasteiger charge is 2.29. The number of benzene rings is 2. The molecule has 4 rings (SSSR count). The summed E-state index contributed by atoms with van der Waals surface area (Å²) in [6, 6.07) is 12.9. The summed E-state index contributed by atoms with van der Waals surface area (Å²) < 4.78 is 25.4. The number of carbonyl (C=O) groups is 1. The number of ether oxygens (including phenoxy) is 2. The average molecular weight is 398 g/mol. The summed E-state index contributed by atoms with van der Waals surface area (Å²) in [5.74, 6) is 1.29. The Hall–Kier alpha value is -2.60. The number of likely N-dealkylation sites (tertiary alicyclic amines) is 1. The quantitative estimate of drug-likeness (QED) is 0.769. The van der Waals surface area contributed by atoms with Gasteiger partial charge in [0, 0.05) is 31.6 Å². The third-order valence-electron chi connectivity index (χ3n) is 5.65. The minimum absolute atomic E-state index is 0.00510. The maximum atomic E-state index is 13.9. The monoisotopic (exact) mass is 398 g/mol. The number of likely N-dealkylation sites (N-methyl/N-ethyl adjacent to an activating group) is 1. The molecular weight excluding hydrogens is 371 g/mol. The second-order valence-corrected chi connectivity index (χ2v) is 7.73. The minimum Gasteiger partial charge on any atom is -0.490 e. The van der Waals surface area contributed by atoms with Crippen molar-refractivity contribution in [1.82, 2.24) is 9.80 Å². The van der Waals surface area contributed by atoms with E-state index in [0.29, 0.717) is 25.3 Å². The molecule has 1 atom stereocenters. The van der Waals surface area contributed by atoms with Crippen LogP contribution < -0.4 is 9.47 Å². The Bertz CT molecular complexity index is 873. The highest BCUT2D eigenvalue weighted by atomic mass is 19.1. The third-order valence-corrected chi connectivity index (χ3v) is 5.65. The number of carbonyl (C=O) groups excluding carboxylic acids is 1. The van der Waals surface area contributed by atoms with Crippen LogP contribution in [0.15, 0.2) is 42.5 Å². The molecule has 154 valence electrons. The van der Waals surface area contributed by atoms with Gasteiger partial charge in [0.25, 0.3) is 0 Å². The van der Waals surface area contributed by atoms with Gasteiger partial charge in [-0.2, -0.15) is 0 Å². The summed E-state index contributed by atoms with van der Waals surface area (Å²) in [6.07, 6.45) is 2.93. The van der Waals surface area contributed by atoms with Crippen molar-refractivity contribution in [2.45, 2.75) is 31.8 Å². The molecule has 2 aliphatic heterocycles. The maximum Gasteiger partial charge on any atom is 0.236 e. The van der Waals surface area contributed by atoms with Gasteiger partial charge in [-0.1, -0.05) is 24.3 Å². The Morgan fingerprint density at radius 3 is 2.76 bits per heavy atom. The highest BCUT2D eigenvalue weighted by Crippen LogP contribution is 2.37. The number of fused-ring (bicyclic) bond motifs is 1. The smallest absolute Gasteiger partial charge is 0.236 e. The molecule has 0 aromatic heterocycles. The summed E-state index contributed by atoms with van der Waals surface area (Å²) in [5.41, 5.74) is 1.68. The van der Waals surface area contributed by atoms with Crippen LogP contribution in [0.4, 0.5) is 4.39 Å². The Kier molecular flexibility index (Phi) is 6.00. The van der Waals surface area contributed by atoms with Crippen molar-refractivity contribution in [3.05, 3.63) is 59.4 Å². The number of rotatable bonds is 5. The fraction of sp³-hybridized carbons (Fsp3) is 0.435. The lowest BCUT2D eigenvalue weighted by molar-refractivity contribution is -0.131. The molecule has 29 heavy (non-hydrogen) atoms. The lowest BCUT2D eigenvalue weighted by Crippen LogP contribution is -2.38. The Morgan fingerprint density at radius 1 is 1.14 bits per heavy atom. The Balaban J connectivity index is 1.42. The molecule has 1 unspecified atom stereocenters. The molecule has 0 bridgehead atoms. The standard InChI is InChI=1S/C23H27FN2O3/c1-25(15-18-6-2-3-7-19(18)24)23(27)16-26-11-4-8-20(26)17-9-10-21-22(14-17)29-13-5-12-28-21/h2-3,6-7,9-10,14,20H,4-5,8,11-13,15-16H2,1H3. The first-order valence-electron chi connectivity index (χ1n) is 10.2. The van der Waals surface area contributed by atoms with Crippen molar-refractivity contribution in [3.63, 3.8) is 0 Å². The zero-order chi connectivity index (χ0) is 20.2. The first kappa shape index (κ1) is 19.7. The number of halogens is 1. The van der Waals surface area contributed by atoms with Crippen LogP contribution in [0.1, 0.15) is 36.4 Å². The van der Waals surface area contributed by atoms with Gasteiger partial charge in [-0.05, 0) is 43.1 Å². The summed E-state index contributed by atoms with van der Waals surface area (Å²) in [7, 11) is 1.73. The lowest BCUT2D eigenvalue weighted by atomic mass is 10.0. The van der Waals surface area contributed by atoms with Gasteiger partial charge in [0.15, 0.2) is 11.5 Å². The van der Waals surface area contributed by atoms with Crippen LogP contribution in [0, 0.1) is 5.82 Å². The highest BCUT2D eigenvalue weighted by molar-refractivity contribution is 5.78. The summed E-state index contributed by atoms with van der Waals surface area (Å²) in [6.45, 7) is 2.80. The van der Waals surface area contributed by atoms with Crippen molar-refractivity contribution < 1.29 is 18.7 Å². The largest absolute Gasteiger partial charge is 0.490 e. The predicted molar refractivity (Wildman–Crippen MR) is 108 cm³/mol. The molecule has 2 aliphatic rings. The molecule has 6 heteroatoms. The average Bonchev–Trinajstić information content (AvgIpc) is 3.05.